The van der Waals surface area contributed by atoms with E-state index in [1.165, 1.54) is 0 Å². The maximum Gasteiger partial charge on any atom is 0.117 e. The van der Waals surface area contributed by atoms with E-state index in [9.17, 15) is 10.2 Å². The van der Waals surface area contributed by atoms with Crippen molar-refractivity contribution in [3.63, 3.8) is 0 Å². The molecule has 0 amide bonds. The predicted octanol–water partition coefficient (Wildman–Crippen LogP) is 5.58. The average molecular weight is 416 g/mol. The Labute approximate surface area is 182 Å². The van der Waals surface area contributed by atoms with Crippen molar-refractivity contribution in [2.24, 2.45) is 0 Å². The second kappa shape index (κ2) is 9.76. The maximum atomic E-state index is 9.84. The molecule has 1 atom stereocenters. The summed E-state index contributed by atoms with van der Waals surface area (Å²) >= 11 is 0. The molecule has 1 heterocycles. The normalized spacial score (nSPS) is 12.2. The van der Waals surface area contributed by atoms with Gasteiger partial charge in [0.15, 0.2) is 0 Å². The van der Waals surface area contributed by atoms with Crippen molar-refractivity contribution in [3.05, 3.63) is 95.8 Å². The molecule has 31 heavy (non-hydrogen) atoms. The number of aromatic amines is 1. The van der Waals surface area contributed by atoms with E-state index in [0.29, 0.717) is 5.69 Å². The Morgan fingerprint density at radius 3 is 2.23 bits per heavy atom. The number of anilines is 1. The van der Waals surface area contributed by atoms with E-state index in [2.05, 4.69) is 10.3 Å². The molecule has 0 radical (unpaired) electrons. The molecule has 0 saturated heterocycles. The zero-order chi connectivity index (χ0) is 22.4. The van der Waals surface area contributed by atoms with E-state index in [1.807, 2.05) is 75.8 Å². The second-order valence-electron chi connectivity index (χ2n) is 7.01. The van der Waals surface area contributed by atoms with Gasteiger partial charge in [-0.2, -0.15) is 0 Å². The number of fused-ring (bicyclic) bond motifs is 1. The Hall–Kier alpha value is -3.86. The van der Waals surface area contributed by atoms with Crippen LogP contribution < -0.4 is 11.1 Å². The second-order valence-corrected chi connectivity index (χ2v) is 7.01. The lowest BCUT2D eigenvalue weighted by atomic mass is 9.81. The zero-order valence-electron chi connectivity index (χ0n) is 18.1. The van der Waals surface area contributed by atoms with Crippen molar-refractivity contribution in [2.45, 2.75) is 19.8 Å². The van der Waals surface area contributed by atoms with Crippen molar-refractivity contribution < 1.29 is 10.2 Å². The minimum Gasteiger partial charge on any atom is -0.508 e. The molecule has 0 spiro atoms. The summed E-state index contributed by atoms with van der Waals surface area (Å²) in [6, 6.07) is 20.4. The first-order valence-corrected chi connectivity index (χ1v) is 10.4. The largest absolute Gasteiger partial charge is 0.508 e. The summed E-state index contributed by atoms with van der Waals surface area (Å²) in [7, 11) is 1.87. The van der Waals surface area contributed by atoms with Gasteiger partial charge in [-0.15, -0.1) is 0 Å². The lowest BCUT2D eigenvalue weighted by Gasteiger charge is -2.22. The minimum atomic E-state index is -0.0918. The Bertz CT molecular complexity index is 1160. The number of rotatable bonds is 5. The highest BCUT2D eigenvalue weighted by atomic mass is 16.3. The summed E-state index contributed by atoms with van der Waals surface area (Å²) in [5.74, 6) is 0.356. The Kier molecular flexibility index (Phi) is 6.88. The van der Waals surface area contributed by atoms with Crippen LogP contribution in [-0.2, 0) is 0 Å². The molecule has 0 saturated carbocycles. The molecule has 0 aliphatic rings. The maximum absolute atomic E-state index is 9.84. The molecule has 0 aliphatic heterocycles. The number of phenols is 2. The van der Waals surface area contributed by atoms with Crippen LogP contribution >= 0.6 is 0 Å². The molecule has 1 aromatic heterocycles. The molecule has 5 heteroatoms. The third kappa shape index (κ3) is 4.67. The number of H-pyrrole nitrogens is 1. The topological polar surface area (TPSA) is 94.3 Å². The van der Waals surface area contributed by atoms with Crippen LogP contribution in [0.3, 0.4) is 0 Å². The number of nitrogens with two attached hydrogens (primary N) is 1. The molecule has 0 bridgehead atoms. The molecule has 3 aromatic carbocycles. The number of allylic oxidation sites excluding steroid dienone is 1. The van der Waals surface area contributed by atoms with Gasteiger partial charge in [0, 0.05) is 48.0 Å². The van der Waals surface area contributed by atoms with Gasteiger partial charge in [-0.25, -0.2) is 0 Å². The van der Waals surface area contributed by atoms with Crippen LogP contribution in [0.15, 0.2) is 79.1 Å². The highest BCUT2D eigenvalue weighted by molar-refractivity contribution is 5.89. The van der Waals surface area contributed by atoms with Crippen LogP contribution in [0, 0.1) is 0 Å². The Morgan fingerprint density at radius 1 is 0.935 bits per heavy atom. The number of phenolic OH excluding ortho intramolecular Hbond substituents is 2. The summed E-state index contributed by atoms with van der Waals surface area (Å²) in [5, 5.41) is 23.8. The summed E-state index contributed by atoms with van der Waals surface area (Å²) in [6.45, 7) is 4.00. The fourth-order valence-electron chi connectivity index (χ4n) is 3.73. The standard InChI is InChI=1S/C24H23N3O2.C2H6/c1-26-13-21(15-4-8-18(28)9-5-15)24(16-2-6-17(25)7-3-16)22-14-27-23-12-19(29)10-11-20(22)23;1-2/h2-14,24,26-29H,25H2,1H3;1-2H3/b21-13+;. The van der Waals surface area contributed by atoms with Gasteiger partial charge in [-0.05, 0) is 58.7 Å². The molecule has 4 rings (SSSR count). The van der Waals surface area contributed by atoms with Crippen molar-refractivity contribution in [3.8, 4) is 11.5 Å². The van der Waals surface area contributed by atoms with Crippen molar-refractivity contribution in [1.82, 2.24) is 10.3 Å². The molecule has 6 N–H and O–H groups in total. The van der Waals surface area contributed by atoms with Crippen LogP contribution in [-0.4, -0.2) is 22.2 Å². The summed E-state index contributed by atoms with van der Waals surface area (Å²) < 4.78 is 0. The summed E-state index contributed by atoms with van der Waals surface area (Å²) in [6.07, 6.45) is 3.96. The molecule has 160 valence electrons. The van der Waals surface area contributed by atoms with Gasteiger partial charge in [0.05, 0.1) is 0 Å². The van der Waals surface area contributed by atoms with Crippen LogP contribution in [0.1, 0.15) is 36.5 Å². The predicted molar refractivity (Wildman–Crippen MR) is 129 cm³/mol. The Balaban J connectivity index is 0.00000132. The smallest absolute Gasteiger partial charge is 0.117 e. The van der Waals surface area contributed by atoms with Crippen molar-refractivity contribution >= 4 is 22.2 Å². The number of hydrogen-bond acceptors (Lipinski definition) is 4. The molecule has 0 fully saturated rings. The Morgan fingerprint density at radius 2 is 1.58 bits per heavy atom. The molecule has 4 aromatic rings. The van der Waals surface area contributed by atoms with E-state index < -0.39 is 0 Å². The zero-order valence-corrected chi connectivity index (χ0v) is 18.1. The first-order valence-electron chi connectivity index (χ1n) is 10.4. The third-order valence-corrected chi connectivity index (χ3v) is 5.09. The number of nitrogens with one attached hydrogen (secondary N) is 2. The number of hydrogen-bond donors (Lipinski definition) is 5. The van der Waals surface area contributed by atoms with Gasteiger partial charge >= 0.3 is 0 Å². The summed E-state index contributed by atoms with van der Waals surface area (Å²) in [5.41, 5.74) is 11.7. The van der Waals surface area contributed by atoms with Crippen molar-refractivity contribution in [2.75, 3.05) is 12.8 Å². The average Bonchev–Trinajstić information content (AvgIpc) is 3.19. The quantitative estimate of drug-likeness (QED) is 0.275. The van der Waals surface area contributed by atoms with Gasteiger partial charge in [0.25, 0.3) is 0 Å². The van der Waals surface area contributed by atoms with Gasteiger partial charge in [0.2, 0.25) is 0 Å². The third-order valence-electron chi connectivity index (χ3n) is 5.09. The molecular weight excluding hydrogens is 386 g/mol. The van der Waals surface area contributed by atoms with Crippen LogP contribution in [0.25, 0.3) is 16.5 Å². The minimum absolute atomic E-state index is 0.0918. The van der Waals surface area contributed by atoms with Gasteiger partial charge < -0.3 is 26.2 Å². The molecular formula is C26H29N3O2. The van der Waals surface area contributed by atoms with Gasteiger partial charge in [0.1, 0.15) is 11.5 Å². The van der Waals surface area contributed by atoms with Crippen molar-refractivity contribution in [1.29, 1.82) is 0 Å². The van der Waals surface area contributed by atoms with Gasteiger partial charge in [-0.3, -0.25) is 0 Å². The summed E-state index contributed by atoms with van der Waals surface area (Å²) in [4.78, 5) is 3.28. The van der Waals surface area contributed by atoms with E-state index in [0.717, 1.165) is 33.2 Å². The number of aromatic hydroxyl groups is 2. The fraction of sp³-hybridized carbons (Fsp3) is 0.154. The molecule has 5 nitrogen and oxygen atoms in total. The number of aromatic nitrogens is 1. The van der Waals surface area contributed by atoms with Crippen LogP contribution in [0.5, 0.6) is 11.5 Å². The number of nitrogen functional groups attached to an aromatic ring is 1. The SMILES string of the molecule is CC.CN/C=C(\c1ccc(O)cc1)C(c1ccc(N)cc1)c1c[nH]c2cc(O)ccc12. The highest BCUT2D eigenvalue weighted by Gasteiger charge is 2.24. The number of benzene rings is 3. The molecule has 0 aliphatic carbocycles. The first kappa shape index (κ1) is 21.8. The van der Waals surface area contributed by atoms with E-state index in [4.69, 9.17) is 5.73 Å². The molecule has 1 unspecified atom stereocenters. The van der Waals surface area contributed by atoms with E-state index >= 15 is 0 Å². The van der Waals surface area contributed by atoms with E-state index in [1.54, 1.807) is 24.3 Å². The van der Waals surface area contributed by atoms with Crippen LogP contribution in [0.2, 0.25) is 0 Å². The van der Waals surface area contributed by atoms with Gasteiger partial charge in [-0.1, -0.05) is 38.1 Å². The lowest BCUT2D eigenvalue weighted by molar-refractivity contribution is 0.475. The lowest BCUT2D eigenvalue weighted by Crippen LogP contribution is -2.08. The first-order chi connectivity index (χ1) is 15.1. The monoisotopic (exact) mass is 415 g/mol. The highest BCUT2D eigenvalue weighted by Crippen LogP contribution is 2.41. The van der Waals surface area contributed by atoms with Crippen LogP contribution in [0.4, 0.5) is 5.69 Å². The van der Waals surface area contributed by atoms with E-state index in [-0.39, 0.29) is 17.4 Å². The fourth-order valence-corrected chi connectivity index (χ4v) is 3.73.